The summed E-state index contributed by atoms with van der Waals surface area (Å²) in [6.45, 7) is 1.64. The fourth-order valence-electron chi connectivity index (χ4n) is 2.17. The molecular formula is C14H14FNOS. The van der Waals surface area contributed by atoms with Gasteiger partial charge in [0.15, 0.2) is 0 Å². The first-order chi connectivity index (χ1) is 8.81. The molecule has 1 aliphatic heterocycles. The maximum atomic E-state index is 13.1. The number of hydrogen-bond donors (Lipinski definition) is 1. The van der Waals surface area contributed by atoms with E-state index < -0.39 is 0 Å². The summed E-state index contributed by atoms with van der Waals surface area (Å²) < 4.78 is 18.8. The summed E-state index contributed by atoms with van der Waals surface area (Å²) in [4.78, 5) is 0. The van der Waals surface area contributed by atoms with E-state index in [2.05, 4.69) is 22.1 Å². The van der Waals surface area contributed by atoms with E-state index in [4.69, 9.17) is 4.74 Å². The third-order valence-corrected chi connectivity index (χ3v) is 3.78. The van der Waals surface area contributed by atoms with E-state index in [0.717, 1.165) is 30.8 Å². The molecule has 0 fully saturated rings. The minimum Gasteiger partial charge on any atom is -0.488 e. The van der Waals surface area contributed by atoms with E-state index in [-0.39, 0.29) is 11.9 Å². The first-order valence-corrected chi connectivity index (χ1v) is 6.92. The van der Waals surface area contributed by atoms with Gasteiger partial charge in [0.2, 0.25) is 0 Å². The van der Waals surface area contributed by atoms with Crippen molar-refractivity contribution in [3.8, 4) is 5.75 Å². The summed E-state index contributed by atoms with van der Waals surface area (Å²) in [6, 6.07) is 6.83. The molecule has 2 nitrogen and oxygen atoms in total. The average Bonchev–Trinajstić information content (AvgIpc) is 2.97. The Bertz CT molecular complexity index is 527. The van der Waals surface area contributed by atoms with E-state index in [9.17, 15) is 4.39 Å². The second-order valence-electron chi connectivity index (χ2n) is 4.46. The third kappa shape index (κ3) is 2.54. The normalized spacial score (nSPS) is 17.5. The van der Waals surface area contributed by atoms with E-state index in [1.807, 2.05) is 0 Å². The quantitative estimate of drug-likeness (QED) is 0.915. The summed E-state index contributed by atoms with van der Waals surface area (Å²) in [5.74, 6) is 0.628. The lowest BCUT2D eigenvalue weighted by Gasteiger charge is -2.11. The highest BCUT2D eigenvalue weighted by Gasteiger charge is 2.22. The molecule has 0 saturated carbocycles. The van der Waals surface area contributed by atoms with Crippen molar-refractivity contribution in [2.24, 2.45) is 0 Å². The molecule has 0 spiro atoms. The van der Waals surface area contributed by atoms with Gasteiger partial charge in [-0.2, -0.15) is 11.3 Å². The van der Waals surface area contributed by atoms with Crippen LogP contribution in [0.1, 0.15) is 11.1 Å². The van der Waals surface area contributed by atoms with E-state index >= 15 is 0 Å². The molecule has 1 aromatic heterocycles. The lowest BCUT2D eigenvalue weighted by molar-refractivity contribution is 0.227. The van der Waals surface area contributed by atoms with Crippen molar-refractivity contribution in [3.63, 3.8) is 0 Å². The minimum absolute atomic E-state index is 0.112. The van der Waals surface area contributed by atoms with Crippen molar-refractivity contribution in [2.45, 2.75) is 19.1 Å². The first-order valence-electron chi connectivity index (χ1n) is 5.98. The molecule has 18 heavy (non-hydrogen) atoms. The van der Waals surface area contributed by atoms with Crippen LogP contribution >= 0.6 is 11.3 Å². The van der Waals surface area contributed by atoms with Crippen LogP contribution in [0, 0.1) is 5.82 Å². The molecule has 2 heterocycles. The van der Waals surface area contributed by atoms with Gasteiger partial charge in [-0.3, -0.25) is 0 Å². The Labute approximate surface area is 109 Å². The molecule has 0 amide bonds. The van der Waals surface area contributed by atoms with Crippen LogP contribution < -0.4 is 10.1 Å². The fraction of sp³-hybridized carbons (Fsp3) is 0.286. The predicted octanol–water partition coefficient (Wildman–Crippen LogP) is 2.98. The van der Waals surface area contributed by atoms with Crippen LogP contribution in [-0.2, 0) is 13.0 Å². The number of ether oxygens (including phenoxy) is 1. The van der Waals surface area contributed by atoms with Gasteiger partial charge in [0, 0.05) is 25.1 Å². The Hall–Kier alpha value is -1.39. The van der Waals surface area contributed by atoms with Crippen LogP contribution in [0.25, 0.3) is 0 Å². The van der Waals surface area contributed by atoms with Crippen LogP contribution in [0.2, 0.25) is 0 Å². The molecule has 94 valence electrons. The molecule has 0 saturated heterocycles. The topological polar surface area (TPSA) is 21.3 Å². The molecular weight excluding hydrogens is 249 g/mol. The Morgan fingerprint density at radius 2 is 2.33 bits per heavy atom. The molecule has 1 aliphatic rings. The fourth-order valence-corrected chi connectivity index (χ4v) is 2.84. The van der Waals surface area contributed by atoms with Gasteiger partial charge in [0.1, 0.15) is 17.7 Å². The molecule has 1 N–H and O–H groups in total. The molecule has 2 aromatic rings. The molecule has 0 bridgehead atoms. The highest BCUT2D eigenvalue weighted by atomic mass is 32.1. The maximum Gasteiger partial charge on any atom is 0.123 e. The number of fused-ring (bicyclic) bond motifs is 1. The number of thiophene rings is 1. The highest BCUT2D eigenvalue weighted by molar-refractivity contribution is 7.07. The summed E-state index contributed by atoms with van der Waals surface area (Å²) in [5, 5.41) is 7.57. The van der Waals surface area contributed by atoms with Crippen LogP contribution in [0.4, 0.5) is 4.39 Å². The zero-order valence-electron chi connectivity index (χ0n) is 9.86. The molecule has 1 aromatic carbocycles. The molecule has 3 rings (SSSR count). The molecule has 4 heteroatoms. The standard InChI is InChI=1S/C14H14FNOS/c15-12-1-2-14-11(5-12)6-13(17-14)8-16-7-10-3-4-18-9-10/h1-5,9,13,16H,6-8H2. The SMILES string of the molecule is Fc1ccc2c(c1)CC(CNCc1ccsc1)O2. The largest absolute Gasteiger partial charge is 0.488 e. The van der Waals surface area contributed by atoms with Gasteiger partial charge in [0.05, 0.1) is 0 Å². The smallest absolute Gasteiger partial charge is 0.123 e. The summed E-state index contributed by atoms with van der Waals surface area (Å²) in [7, 11) is 0. The van der Waals surface area contributed by atoms with E-state index in [0.29, 0.717) is 0 Å². The van der Waals surface area contributed by atoms with Crippen LogP contribution in [0.3, 0.4) is 0 Å². The first kappa shape index (κ1) is 11.7. The van der Waals surface area contributed by atoms with Gasteiger partial charge in [-0.25, -0.2) is 4.39 Å². The Balaban J connectivity index is 1.52. The van der Waals surface area contributed by atoms with Gasteiger partial charge in [-0.05, 0) is 40.6 Å². The lowest BCUT2D eigenvalue weighted by atomic mass is 10.1. The van der Waals surface area contributed by atoms with Crippen molar-refractivity contribution in [3.05, 3.63) is 52.0 Å². The Kier molecular flexibility index (Phi) is 3.30. The van der Waals surface area contributed by atoms with Gasteiger partial charge < -0.3 is 10.1 Å². The summed E-state index contributed by atoms with van der Waals surface area (Å²) in [5.41, 5.74) is 2.26. The van der Waals surface area contributed by atoms with Gasteiger partial charge in [-0.1, -0.05) is 0 Å². The molecule has 1 unspecified atom stereocenters. The van der Waals surface area contributed by atoms with Crippen molar-refractivity contribution in [2.75, 3.05) is 6.54 Å². The van der Waals surface area contributed by atoms with Gasteiger partial charge in [-0.15, -0.1) is 0 Å². The zero-order chi connectivity index (χ0) is 12.4. The number of benzene rings is 1. The number of halogens is 1. The van der Waals surface area contributed by atoms with Crippen molar-refractivity contribution < 1.29 is 9.13 Å². The van der Waals surface area contributed by atoms with Crippen LogP contribution in [0.15, 0.2) is 35.0 Å². The minimum atomic E-state index is -0.191. The van der Waals surface area contributed by atoms with Crippen molar-refractivity contribution >= 4 is 11.3 Å². The van der Waals surface area contributed by atoms with Gasteiger partial charge >= 0.3 is 0 Å². The van der Waals surface area contributed by atoms with Crippen molar-refractivity contribution in [1.82, 2.24) is 5.32 Å². The number of rotatable bonds is 4. The summed E-state index contributed by atoms with van der Waals surface area (Å²) >= 11 is 1.70. The Morgan fingerprint density at radius 1 is 1.39 bits per heavy atom. The van der Waals surface area contributed by atoms with Gasteiger partial charge in [0.25, 0.3) is 0 Å². The zero-order valence-corrected chi connectivity index (χ0v) is 10.7. The highest BCUT2D eigenvalue weighted by Crippen LogP contribution is 2.28. The maximum absolute atomic E-state index is 13.1. The molecule has 0 radical (unpaired) electrons. The van der Waals surface area contributed by atoms with Crippen LogP contribution in [-0.4, -0.2) is 12.6 Å². The van der Waals surface area contributed by atoms with Crippen LogP contribution in [0.5, 0.6) is 5.75 Å². The number of nitrogens with one attached hydrogen (secondary N) is 1. The van der Waals surface area contributed by atoms with E-state index in [1.165, 1.54) is 11.6 Å². The third-order valence-electron chi connectivity index (χ3n) is 3.04. The van der Waals surface area contributed by atoms with Crippen molar-refractivity contribution in [1.29, 1.82) is 0 Å². The van der Waals surface area contributed by atoms with E-state index in [1.54, 1.807) is 23.5 Å². The second-order valence-corrected chi connectivity index (χ2v) is 5.24. The predicted molar refractivity (Wildman–Crippen MR) is 70.5 cm³/mol. The monoisotopic (exact) mass is 263 g/mol. The summed E-state index contributed by atoms with van der Waals surface area (Å²) in [6.07, 6.45) is 0.893. The number of hydrogen-bond acceptors (Lipinski definition) is 3. The average molecular weight is 263 g/mol. The Morgan fingerprint density at radius 3 is 3.17 bits per heavy atom. The molecule has 0 aliphatic carbocycles. The molecule has 1 atom stereocenters. The lowest BCUT2D eigenvalue weighted by Crippen LogP contribution is -2.29. The second kappa shape index (κ2) is 5.08.